The zero-order chi connectivity index (χ0) is 27.2. The van der Waals surface area contributed by atoms with E-state index >= 15 is 0 Å². The second-order valence-corrected chi connectivity index (χ2v) is 10.3. The van der Waals surface area contributed by atoms with Gasteiger partial charge in [0.2, 0.25) is 0 Å². The molecule has 35 heavy (non-hydrogen) atoms. The van der Waals surface area contributed by atoms with Gasteiger partial charge in [0.1, 0.15) is 0 Å². The summed E-state index contributed by atoms with van der Waals surface area (Å²) in [5, 5.41) is -0.719. The molecule has 0 radical (unpaired) electrons. The molecule has 0 amide bonds. The number of carbonyl (C=O) groups is 1. The topological polar surface area (TPSA) is 78.9 Å². The van der Waals surface area contributed by atoms with Gasteiger partial charge in [0.15, 0.2) is 0 Å². The van der Waals surface area contributed by atoms with Crippen LogP contribution < -0.4 is 0 Å². The van der Waals surface area contributed by atoms with Crippen molar-refractivity contribution in [3.63, 3.8) is 0 Å². The van der Waals surface area contributed by atoms with E-state index in [0.717, 1.165) is 19.2 Å². The molecule has 1 rings (SSSR count). The lowest BCUT2D eigenvalue weighted by atomic mass is 9.88. The molecule has 0 aliphatic carbocycles. The molecule has 0 N–H and O–H groups in total. The van der Waals surface area contributed by atoms with Crippen LogP contribution in [-0.2, 0) is 29.4 Å². The van der Waals surface area contributed by atoms with Crippen LogP contribution in [0.2, 0.25) is 0 Å². The highest BCUT2D eigenvalue weighted by Crippen LogP contribution is 2.53. The number of rotatable bonds is 11. The smallest absolute Gasteiger partial charge is 0.432 e. The first kappa shape index (κ1) is 31.0. The standard InChI is InChI=1S/C22H30F6O6S/c1-6-18(35(30,31)32-5)9-7-8-15(4)16-10-12-17(13-11-16)20(21(23,24)25,22(26,27)28)34-19(29)33-14(2)3/h10-15,18H,6-9H2,1-5H3. The lowest BCUT2D eigenvalue weighted by Crippen LogP contribution is -2.57. The Bertz CT molecular complexity index is 911. The van der Waals surface area contributed by atoms with Gasteiger partial charge in [-0.1, -0.05) is 44.5 Å². The van der Waals surface area contributed by atoms with Crippen LogP contribution in [0.3, 0.4) is 0 Å². The van der Waals surface area contributed by atoms with Gasteiger partial charge in [0.25, 0.3) is 10.1 Å². The van der Waals surface area contributed by atoms with Crippen molar-refractivity contribution >= 4 is 16.3 Å². The number of hydrogen-bond acceptors (Lipinski definition) is 6. The Kier molecular flexibility index (Phi) is 10.5. The highest BCUT2D eigenvalue weighted by atomic mass is 32.2. The van der Waals surface area contributed by atoms with E-state index in [-0.39, 0.29) is 12.3 Å². The maximum absolute atomic E-state index is 13.8. The lowest BCUT2D eigenvalue weighted by Gasteiger charge is -2.36. The normalized spacial score (nSPS) is 15.1. The molecule has 0 saturated carbocycles. The van der Waals surface area contributed by atoms with Gasteiger partial charge in [-0.15, -0.1) is 0 Å². The van der Waals surface area contributed by atoms with E-state index in [1.807, 2.05) is 0 Å². The van der Waals surface area contributed by atoms with Crippen molar-refractivity contribution < 1.29 is 53.2 Å². The van der Waals surface area contributed by atoms with Gasteiger partial charge in [-0.25, -0.2) is 4.79 Å². The largest absolute Gasteiger partial charge is 0.510 e. The molecule has 6 nitrogen and oxygen atoms in total. The molecule has 0 bridgehead atoms. The van der Waals surface area contributed by atoms with Gasteiger partial charge in [0, 0.05) is 5.56 Å². The minimum absolute atomic E-state index is 0.284. The number of halogens is 6. The summed E-state index contributed by atoms with van der Waals surface area (Å²) in [6, 6.07) is 3.40. The summed E-state index contributed by atoms with van der Waals surface area (Å²) in [5.41, 5.74) is -5.82. The van der Waals surface area contributed by atoms with E-state index in [4.69, 9.17) is 0 Å². The van der Waals surface area contributed by atoms with E-state index in [1.165, 1.54) is 13.8 Å². The van der Waals surface area contributed by atoms with Crippen LogP contribution in [0.1, 0.15) is 70.4 Å². The number of alkyl halides is 6. The van der Waals surface area contributed by atoms with Crippen molar-refractivity contribution in [2.75, 3.05) is 7.11 Å². The van der Waals surface area contributed by atoms with Gasteiger partial charge in [-0.3, -0.25) is 4.18 Å². The van der Waals surface area contributed by atoms with Gasteiger partial charge < -0.3 is 9.47 Å². The minimum Gasteiger partial charge on any atom is -0.432 e. The van der Waals surface area contributed by atoms with Crippen LogP contribution in [-0.4, -0.2) is 45.4 Å². The Morgan fingerprint density at radius 3 is 1.86 bits per heavy atom. The molecule has 0 aliphatic heterocycles. The summed E-state index contributed by atoms with van der Waals surface area (Å²) >= 11 is 0. The SMILES string of the molecule is CCC(CCCC(C)c1ccc(C(OC(=O)OC(C)C)(C(F)(F)F)C(F)(F)F)cc1)S(=O)(=O)OC. The Balaban J connectivity index is 3.18. The molecule has 202 valence electrons. The second kappa shape index (κ2) is 11.8. The fourth-order valence-corrected chi connectivity index (χ4v) is 4.69. The summed E-state index contributed by atoms with van der Waals surface area (Å²) in [6.45, 7) is 5.88. The Morgan fingerprint density at radius 1 is 0.943 bits per heavy atom. The zero-order valence-corrected chi connectivity index (χ0v) is 20.8. The van der Waals surface area contributed by atoms with Crippen LogP contribution in [0.25, 0.3) is 0 Å². The van der Waals surface area contributed by atoms with Gasteiger partial charge in [-0.2, -0.15) is 34.8 Å². The van der Waals surface area contributed by atoms with E-state index in [0.29, 0.717) is 37.0 Å². The first-order chi connectivity index (χ1) is 15.9. The molecule has 1 aromatic rings. The third-order valence-corrected chi connectivity index (χ3v) is 7.36. The van der Waals surface area contributed by atoms with Crippen LogP contribution >= 0.6 is 0 Å². The predicted molar refractivity (Wildman–Crippen MR) is 115 cm³/mol. The molecule has 13 heteroatoms. The molecule has 2 atom stereocenters. The van der Waals surface area contributed by atoms with Crippen molar-refractivity contribution in [2.24, 2.45) is 0 Å². The van der Waals surface area contributed by atoms with Crippen molar-refractivity contribution in [3.05, 3.63) is 35.4 Å². The molecule has 0 aromatic heterocycles. The van der Waals surface area contributed by atoms with Crippen molar-refractivity contribution in [2.45, 2.75) is 88.6 Å². The van der Waals surface area contributed by atoms with E-state index < -0.39 is 51.1 Å². The van der Waals surface area contributed by atoms with Crippen molar-refractivity contribution in [3.8, 4) is 0 Å². The number of benzene rings is 1. The van der Waals surface area contributed by atoms with Crippen LogP contribution in [0.15, 0.2) is 24.3 Å². The average Bonchev–Trinajstić information content (AvgIpc) is 2.72. The van der Waals surface area contributed by atoms with E-state index in [1.54, 1.807) is 13.8 Å². The number of carbonyl (C=O) groups excluding carboxylic acids is 1. The quantitative estimate of drug-likeness (QED) is 0.180. The molecular formula is C22H30F6O6S. The molecule has 0 spiro atoms. The summed E-state index contributed by atoms with van der Waals surface area (Å²) in [6.07, 6.45) is -13.7. The fourth-order valence-electron chi connectivity index (χ4n) is 3.56. The lowest BCUT2D eigenvalue weighted by molar-refractivity contribution is -0.376. The molecule has 2 unspecified atom stereocenters. The first-order valence-corrected chi connectivity index (χ1v) is 12.3. The van der Waals surface area contributed by atoms with Crippen LogP contribution in [0.5, 0.6) is 0 Å². The predicted octanol–water partition coefficient (Wildman–Crippen LogP) is 6.60. The Morgan fingerprint density at radius 2 is 1.46 bits per heavy atom. The van der Waals surface area contributed by atoms with Gasteiger partial charge in [-0.05, 0) is 44.6 Å². The van der Waals surface area contributed by atoms with E-state index in [2.05, 4.69) is 13.7 Å². The average molecular weight is 537 g/mol. The van der Waals surface area contributed by atoms with Crippen LogP contribution in [0.4, 0.5) is 31.1 Å². The molecule has 0 fully saturated rings. The summed E-state index contributed by atoms with van der Waals surface area (Å²) in [5.74, 6) is -0.301. The third-order valence-electron chi connectivity index (χ3n) is 5.51. The molecule has 1 aromatic carbocycles. The molecular weight excluding hydrogens is 506 g/mol. The molecule has 0 saturated heterocycles. The summed E-state index contributed by atoms with van der Waals surface area (Å²) < 4.78 is 119. The van der Waals surface area contributed by atoms with Gasteiger partial charge in [0.05, 0.1) is 18.5 Å². The highest BCUT2D eigenvalue weighted by Gasteiger charge is 2.75. The highest BCUT2D eigenvalue weighted by molar-refractivity contribution is 7.87. The van der Waals surface area contributed by atoms with Crippen molar-refractivity contribution in [1.29, 1.82) is 0 Å². The molecule has 0 heterocycles. The third kappa shape index (κ3) is 7.48. The van der Waals surface area contributed by atoms with E-state index in [9.17, 15) is 39.6 Å². The maximum Gasteiger partial charge on any atom is 0.510 e. The number of hydrogen-bond donors (Lipinski definition) is 0. The fraction of sp³-hybridized carbons (Fsp3) is 0.682. The number of ether oxygens (including phenoxy) is 2. The minimum atomic E-state index is -6.03. The maximum atomic E-state index is 13.8. The monoisotopic (exact) mass is 536 g/mol. The second-order valence-electron chi connectivity index (χ2n) is 8.34. The zero-order valence-electron chi connectivity index (χ0n) is 20.0. The Hall–Kier alpha value is -2.02. The summed E-state index contributed by atoms with van der Waals surface area (Å²) in [4.78, 5) is 11.7. The Labute approximate surface area is 201 Å². The first-order valence-electron chi connectivity index (χ1n) is 10.9. The molecule has 0 aliphatic rings. The summed E-state index contributed by atoms with van der Waals surface area (Å²) in [7, 11) is -2.64. The van der Waals surface area contributed by atoms with Crippen LogP contribution in [0, 0.1) is 0 Å². The van der Waals surface area contributed by atoms with Crippen molar-refractivity contribution in [1.82, 2.24) is 0 Å². The van der Waals surface area contributed by atoms with Gasteiger partial charge >= 0.3 is 24.1 Å².